The first-order valence-electron chi connectivity index (χ1n) is 10.6. The predicted octanol–water partition coefficient (Wildman–Crippen LogP) is 6.54. The summed E-state index contributed by atoms with van der Waals surface area (Å²) < 4.78 is 0. The highest BCUT2D eigenvalue weighted by molar-refractivity contribution is 6.42. The molecule has 0 saturated carbocycles. The van der Waals surface area contributed by atoms with Gasteiger partial charge in [0.2, 0.25) is 0 Å². The van der Waals surface area contributed by atoms with E-state index >= 15 is 0 Å². The molecule has 32 heavy (non-hydrogen) atoms. The van der Waals surface area contributed by atoms with Crippen molar-refractivity contribution in [2.75, 3.05) is 5.32 Å². The maximum Gasteiger partial charge on any atom is 0.254 e. The number of Topliss-reactive ketones (excluding diaryl/α,β-unsaturated/α-hetero) is 1. The summed E-state index contributed by atoms with van der Waals surface area (Å²) in [5.74, 6) is -0.716. The van der Waals surface area contributed by atoms with Crippen LogP contribution in [0.4, 0.5) is 5.69 Å². The number of aryl methyl sites for hydroxylation is 1. The Hall–Kier alpha value is -2.56. The van der Waals surface area contributed by atoms with Crippen molar-refractivity contribution in [3.05, 3.63) is 86.2 Å². The van der Waals surface area contributed by atoms with Gasteiger partial charge in [-0.25, -0.2) is 0 Å². The number of dihydropyridines is 1. The normalized spacial score (nSPS) is 20.1. The first-order valence-corrected chi connectivity index (χ1v) is 11.4. The number of rotatable bonds is 3. The summed E-state index contributed by atoms with van der Waals surface area (Å²) in [5.41, 5.74) is 5.10. The number of anilines is 1. The van der Waals surface area contributed by atoms with E-state index in [0.29, 0.717) is 27.6 Å². The SMILES string of the molecule is CC1=C(C(=O)Nc2ccccc2C)C(c2ccc(Cl)c(Cl)c2)C2=C(CC(C)(C)CC2=O)N1. The van der Waals surface area contributed by atoms with Crippen LogP contribution < -0.4 is 10.6 Å². The third-order valence-corrected chi connectivity index (χ3v) is 6.89. The second-order valence-corrected chi connectivity index (χ2v) is 10.2. The number of ketones is 1. The van der Waals surface area contributed by atoms with Gasteiger partial charge >= 0.3 is 0 Å². The predicted molar refractivity (Wildman–Crippen MR) is 130 cm³/mol. The van der Waals surface area contributed by atoms with Crippen LogP contribution in [0.2, 0.25) is 10.0 Å². The lowest BCUT2D eigenvalue weighted by Crippen LogP contribution is -2.39. The van der Waals surface area contributed by atoms with Gasteiger partial charge in [-0.15, -0.1) is 0 Å². The Balaban J connectivity index is 1.84. The molecule has 1 aliphatic heterocycles. The van der Waals surface area contributed by atoms with Gasteiger partial charge in [0, 0.05) is 40.6 Å². The Kier molecular flexibility index (Phi) is 5.95. The molecule has 1 heterocycles. The molecule has 2 aromatic carbocycles. The minimum atomic E-state index is -0.520. The minimum absolute atomic E-state index is 0.0496. The van der Waals surface area contributed by atoms with Crippen molar-refractivity contribution in [2.24, 2.45) is 5.41 Å². The van der Waals surface area contributed by atoms with E-state index in [0.717, 1.165) is 34.6 Å². The van der Waals surface area contributed by atoms with E-state index in [-0.39, 0.29) is 17.1 Å². The van der Waals surface area contributed by atoms with E-state index in [1.54, 1.807) is 12.1 Å². The van der Waals surface area contributed by atoms with Crippen LogP contribution in [0.5, 0.6) is 0 Å². The lowest BCUT2D eigenvalue weighted by atomic mass is 9.68. The van der Waals surface area contributed by atoms with E-state index in [9.17, 15) is 9.59 Å². The van der Waals surface area contributed by atoms with Crippen LogP contribution >= 0.6 is 23.2 Å². The van der Waals surface area contributed by atoms with Gasteiger partial charge in [-0.3, -0.25) is 9.59 Å². The number of hydrogen-bond acceptors (Lipinski definition) is 3. The van der Waals surface area contributed by atoms with E-state index < -0.39 is 5.92 Å². The van der Waals surface area contributed by atoms with Crippen molar-refractivity contribution in [3.8, 4) is 0 Å². The summed E-state index contributed by atoms with van der Waals surface area (Å²) in [6.45, 7) is 8.00. The number of hydrogen-bond donors (Lipinski definition) is 2. The smallest absolute Gasteiger partial charge is 0.254 e. The molecule has 2 aromatic rings. The molecule has 1 amide bonds. The molecule has 4 rings (SSSR count). The summed E-state index contributed by atoms with van der Waals surface area (Å²) >= 11 is 12.5. The standard InChI is InChI=1S/C26H26Cl2N2O2/c1-14-7-5-6-8-19(14)30-25(32)22-15(2)29-20-12-26(3,4)13-21(31)24(20)23(22)16-9-10-17(27)18(28)11-16/h5-11,23,29H,12-13H2,1-4H3,(H,30,32). The topological polar surface area (TPSA) is 58.2 Å². The van der Waals surface area contributed by atoms with Gasteiger partial charge in [0.1, 0.15) is 0 Å². The monoisotopic (exact) mass is 468 g/mol. The summed E-state index contributed by atoms with van der Waals surface area (Å²) in [5, 5.41) is 7.24. The lowest BCUT2D eigenvalue weighted by molar-refractivity contribution is -0.118. The molecule has 2 N–H and O–H groups in total. The zero-order chi connectivity index (χ0) is 23.2. The highest BCUT2D eigenvalue weighted by Gasteiger charge is 2.42. The zero-order valence-electron chi connectivity index (χ0n) is 18.6. The Morgan fingerprint density at radius 1 is 1.06 bits per heavy atom. The van der Waals surface area contributed by atoms with Crippen molar-refractivity contribution in [2.45, 2.75) is 46.5 Å². The second-order valence-electron chi connectivity index (χ2n) is 9.37. The maximum absolute atomic E-state index is 13.6. The fourth-order valence-corrected chi connectivity index (χ4v) is 4.97. The molecule has 0 fully saturated rings. The number of nitrogens with one attached hydrogen (secondary N) is 2. The molecule has 0 spiro atoms. The first kappa shape index (κ1) is 22.6. The van der Waals surface area contributed by atoms with Crippen molar-refractivity contribution < 1.29 is 9.59 Å². The van der Waals surface area contributed by atoms with Crippen molar-refractivity contribution in [1.29, 1.82) is 0 Å². The average Bonchev–Trinajstić information content (AvgIpc) is 2.69. The third kappa shape index (κ3) is 4.22. The van der Waals surface area contributed by atoms with Crippen LogP contribution in [0.25, 0.3) is 0 Å². The van der Waals surface area contributed by atoms with Gasteiger partial charge < -0.3 is 10.6 Å². The summed E-state index contributed by atoms with van der Waals surface area (Å²) in [7, 11) is 0. The maximum atomic E-state index is 13.6. The molecule has 4 nitrogen and oxygen atoms in total. The molecular weight excluding hydrogens is 443 g/mol. The van der Waals surface area contributed by atoms with Gasteiger partial charge in [-0.1, -0.05) is 61.3 Å². The number of carbonyl (C=O) groups excluding carboxylic acids is 2. The molecule has 6 heteroatoms. The molecule has 1 aliphatic carbocycles. The molecule has 1 atom stereocenters. The summed E-state index contributed by atoms with van der Waals surface area (Å²) in [6.07, 6.45) is 1.16. The Labute approximate surface area is 198 Å². The van der Waals surface area contributed by atoms with Crippen LogP contribution in [0, 0.1) is 12.3 Å². The number of para-hydroxylation sites is 1. The zero-order valence-corrected chi connectivity index (χ0v) is 20.1. The molecule has 2 aliphatic rings. The van der Waals surface area contributed by atoms with Crippen LogP contribution in [0.3, 0.4) is 0 Å². The summed E-state index contributed by atoms with van der Waals surface area (Å²) in [6, 6.07) is 12.9. The molecule has 1 unspecified atom stereocenters. The summed E-state index contributed by atoms with van der Waals surface area (Å²) in [4.78, 5) is 26.9. The van der Waals surface area contributed by atoms with Gasteiger partial charge in [-0.2, -0.15) is 0 Å². The van der Waals surface area contributed by atoms with Crippen LogP contribution in [0.15, 0.2) is 65.0 Å². The Morgan fingerprint density at radius 2 is 1.78 bits per heavy atom. The molecule has 0 aromatic heterocycles. The quantitative estimate of drug-likeness (QED) is 0.536. The van der Waals surface area contributed by atoms with E-state index in [2.05, 4.69) is 24.5 Å². The molecule has 0 saturated heterocycles. The van der Waals surface area contributed by atoms with Crippen LogP contribution in [0.1, 0.15) is 50.7 Å². The van der Waals surface area contributed by atoms with E-state index in [1.165, 1.54) is 0 Å². The second kappa shape index (κ2) is 8.42. The van der Waals surface area contributed by atoms with Crippen molar-refractivity contribution >= 4 is 40.6 Å². The van der Waals surface area contributed by atoms with Gasteiger partial charge in [0.15, 0.2) is 5.78 Å². The Morgan fingerprint density at radius 3 is 2.47 bits per heavy atom. The number of benzene rings is 2. The highest BCUT2D eigenvalue weighted by Crippen LogP contribution is 2.47. The molecule has 0 radical (unpaired) electrons. The molecule has 166 valence electrons. The number of allylic oxidation sites excluding steroid dienone is 3. The third-order valence-electron chi connectivity index (χ3n) is 6.15. The fourth-order valence-electron chi connectivity index (χ4n) is 4.67. The lowest BCUT2D eigenvalue weighted by Gasteiger charge is -2.39. The van der Waals surface area contributed by atoms with Gasteiger partial charge in [0.05, 0.1) is 10.0 Å². The van der Waals surface area contributed by atoms with Gasteiger partial charge in [0.25, 0.3) is 5.91 Å². The van der Waals surface area contributed by atoms with Crippen LogP contribution in [-0.4, -0.2) is 11.7 Å². The number of halogens is 2. The molecule has 0 bridgehead atoms. The fraction of sp³-hybridized carbons (Fsp3) is 0.308. The van der Waals surface area contributed by atoms with Crippen molar-refractivity contribution in [1.82, 2.24) is 5.32 Å². The first-order chi connectivity index (χ1) is 15.1. The van der Waals surface area contributed by atoms with E-state index in [1.807, 2.05) is 44.2 Å². The average molecular weight is 469 g/mol. The number of carbonyl (C=O) groups is 2. The van der Waals surface area contributed by atoms with E-state index in [4.69, 9.17) is 23.2 Å². The van der Waals surface area contributed by atoms with Crippen molar-refractivity contribution in [3.63, 3.8) is 0 Å². The Bertz CT molecular complexity index is 1190. The highest BCUT2D eigenvalue weighted by atomic mass is 35.5. The van der Waals surface area contributed by atoms with Gasteiger partial charge in [-0.05, 0) is 55.0 Å². The minimum Gasteiger partial charge on any atom is -0.362 e. The largest absolute Gasteiger partial charge is 0.362 e. The molecular formula is C26H26Cl2N2O2. The van der Waals surface area contributed by atoms with Crippen LogP contribution in [-0.2, 0) is 9.59 Å². The number of amides is 1.